The van der Waals surface area contributed by atoms with Crippen LogP contribution in [0.2, 0.25) is 0 Å². The Kier molecular flexibility index (Phi) is 7.07. The minimum Gasteiger partial charge on any atom is -0.326 e. The van der Waals surface area contributed by atoms with Crippen LogP contribution in [-0.4, -0.2) is 29.9 Å². The number of nitrogens with one attached hydrogen (secondary N) is 3. The molecular formula is C17H20ClFN4O2S. The predicted octanol–water partition coefficient (Wildman–Crippen LogP) is 3.27. The van der Waals surface area contributed by atoms with Crippen LogP contribution in [0.1, 0.15) is 19.8 Å². The van der Waals surface area contributed by atoms with Gasteiger partial charge in [-0.2, -0.15) is 0 Å². The van der Waals surface area contributed by atoms with Gasteiger partial charge >= 0.3 is 0 Å². The molecule has 1 atom stereocenters. The number of benzene rings is 1. The molecule has 0 spiro atoms. The molecule has 2 amide bonds. The minimum absolute atomic E-state index is 0. The molecule has 3 N–H and O–H groups in total. The Morgan fingerprint density at radius 1 is 1.35 bits per heavy atom. The highest BCUT2D eigenvalue weighted by atomic mass is 35.5. The zero-order valence-corrected chi connectivity index (χ0v) is 15.8. The van der Waals surface area contributed by atoms with Crippen molar-refractivity contribution < 1.29 is 14.0 Å². The Bertz CT molecular complexity index is 793. The maximum absolute atomic E-state index is 14.3. The largest absolute Gasteiger partial charge is 0.326 e. The van der Waals surface area contributed by atoms with Crippen molar-refractivity contribution in [3.63, 3.8) is 0 Å². The Labute approximate surface area is 161 Å². The van der Waals surface area contributed by atoms with E-state index in [-0.39, 0.29) is 30.1 Å². The number of rotatable bonds is 4. The fraction of sp³-hybridized carbons (Fsp3) is 0.353. The highest BCUT2D eigenvalue weighted by molar-refractivity contribution is 7.14. The maximum atomic E-state index is 14.3. The van der Waals surface area contributed by atoms with Crippen molar-refractivity contribution in [2.24, 2.45) is 5.92 Å². The second kappa shape index (κ2) is 9.07. The lowest BCUT2D eigenvalue weighted by atomic mass is 9.99. The first-order valence-corrected chi connectivity index (χ1v) is 8.95. The van der Waals surface area contributed by atoms with Crippen LogP contribution in [0.5, 0.6) is 0 Å². The lowest BCUT2D eigenvalue weighted by Gasteiger charge is -2.21. The van der Waals surface area contributed by atoms with E-state index < -0.39 is 5.82 Å². The Morgan fingerprint density at radius 3 is 2.81 bits per heavy atom. The smallest absolute Gasteiger partial charge is 0.230 e. The van der Waals surface area contributed by atoms with E-state index in [0.717, 1.165) is 19.4 Å². The Morgan fingerprint density at radius 2 is 2.15 bits per heavy atom. The highest BCUT2D eigenvalue weighted by Gasteiger charge is 2.22. The molecule has 0 aliphatic carbocycles. The predicted molar refractivity (Wildman–Crippen MR) is 103 cm³/mol. The molecule has 1 aliphatic rings. The Balaban J connectivity index is 0.00000243. The van der Waals surface area contributed by atoms with Gasteiger partial charge < -0.3 is 16.0 Å². The number of carbonyl (C=O) groups is 2. The van der Waals surface area contributed by atoms with Crippen molar-refractivity contribution in [1.29, 1.82) is 0 Å². The fourth-order valence-corrected chi connectivity index (χ4v) is 3.46. The summed E-state index contributed by atoms with van der Waals surface area (Å²) in [6.07, 6.45) is 1.84. The molecule has 1 aromatic heterocycles. The Hall–Kier alpha value is -2.03. The van der Waals surface area contributed by atoms with E-state index in [1.54, 1.807) is 17.5 Å². The second-order valence-electron chi connectivity index (χ2n) is 5.95. The number of carbonyl (C=O) groups excluding carboxylic acids is 2. The lowest BCUT2D eigenvalue weighted by molar-refractivity contribution is -0.120. The number of hydrogen-bond acceptors (Lipinski definition) is 5. The molecule has 0 bridgehead atoms. The van der Waals surface area contributed by atoms with Crippen LogP contribution >= 0.6 is 23.7 Å². The van der Waals surface area contributed by atoms with Gasteiger partial charge in [0.15, 0.2) is 5.13 Å². The van der Waals surface area contributed by atoms with Gasteiger partial charge in [-0.25, -0.2) is 9.37 Å². The molecule has 0 radical (unpaired) electrons. The summed E-state index contributed by atoms with van der Waals surface area (Å²) in [4.78, 5) is 27.6. The number of anilines is 2. The van der Waals surface area contributed by atoms with E-state index in [1.807, 2.05) is 0 Å². The molecule has 2 aromatic rings. The fourth-order valence-electron chi connectivity index (χ4n) is 2.74. The first kappa shape index (κ1) is 20.3. The molecule has 140 valence electrons. The van der Waals surface area contributed by atoms with Gasteiger partial charge in [0, 0.05) is 30.1 Å². The maximum Gasteiger partial charge on any atom is 0.230 e. The van der Waals surface area contributed by atoms with Gasteiger partial charge in [0.2, 0.25) is 11.8 Å². The summed E-state index contributed by atoms with van der Waals surface area (Å²) >= 11 is 1.26. The van der Waals surface area contributed by atoms with E-state index in [2.05, 4.69) is 20.9 Å². The average Bonchev–Trinajstić information content (AvgIpc) is 3.03. The number of piperidine rings is 1. The van der Waals surface area contributed by atoms with Gasteiger partial charge in [0.05, 0.1) is 11.6 Å². The third-order valence-electron chi connectivity index (χ3n) is 3.97. The summed E-state index contributed by atoms with van der Waals surface area (Å²) in [6.45, 7) is 2.98. The summed E-state index contributed by atoms with van der Waals surface area (Å²) in [5, 5.41) is 10.7. The zero-order chi connectivity index (χ0) is 17.8. The van der Waals surface area contributed by atoms with Crippen LogP contribution in [0, 0.1) is 11.7 Å². The minimum atomic E-state index is -0.481. The SMILES string of the molecule is CC(=O)Nc1ccc(-c2csc(NC(=O)C3CCCNC3)n2)c(F)c1.Cl. The van der Waals surface area contributed by atoms with E-state index >= 15 is 0 Å². The first-order chi connectivity index (χ1) is 12.0. The molecule has 6 nitrogen and oxygen atoms in total. The molecule has 1 unspecified atom stereocenters. The number of nitrogens with zero attached hydrogens (tertiary/aromatic N) is 1. The normalized spacial score (nSPS) is 16.5. The van der Waals surface area contributed by atoms with Crippen molar-refractivity contribution >= 4 is 46.4 Å². The van der Waals surface area contributed by atoms with Gasteiger partial charge in [-0.15, -0.1) is 23.7 Å². The van der Waals surface area contributed by atoms with Crippen LogP contribution < -0.4 is 16.0 Å². The molecule has 1 saturated heterocycles. The van der Waals surface area contributed by atoms with E-state index in [1.165, 1.54) is 24.3 Å². The quantitative estimate of drug-likeness (QED) is 0.738. The van der Waals surface area contributed by atoms with Gasteiger partial charge in [-0.3, -0.25) is 9.59 Å². The summed E-state index contributed by atoms with van der Waals surface area (Å²) < 4.78 is 14.3. The van der Waals surface area contributed by atoms with Crippen LogP contribution in [0.4, 0.5) is 15.2 Å². The standard InChI is InChI=1S/C17H19FN4O2S.ClH/c1-10(23)20-12-4-5-13(14(18)7-12)15-9-25-17(21-15)22-16(24)11-3-2-6-19-8-11;/h4-5,7,9,11,19H,2-3,6,8H2,1H3,(H,20,23)(H,21,22,24);1H. The van der Waals surface area contributed by atoms with E-state index in [4.69, 9.17) is 0 Å². The van der Waals surface area contributed by atoms with Gasteiger partial charge in [0.25, 0.3) is 0 Å². The summed E-state index contributed by atoms with van der Waals surface area (Å²) in [7, 11) is 0. The molecule has 9 heteroatoms. The van der Waals surface area contributed by atoms with Crippen molar-refractivity contribution in [2.75, 3.05) is 23.7 Å². The van der Waals surface area contributed by atoms with Gasteiger partial charge in [-0.1, -0.05) is 0 Å². The number of hydrogen-bond donors (Lipinski definition) is 3. The number of amides is 2. The van der Waals surface area contributed by atoms with Gasteiger partial charge in [-0.05, 0) is 37.6 Å². The number of aromatic nitrogens is 1. The molecule has 3 rings (SSSR count). The van der Waals surface area contributed by atoms with Crippen molar-refractivity contribution in [3.05, 3.63) is 29.4 Å². The summed E-state index contributed by atoms with van der Waals surface area (Å²) in [5.74, 6) is -0.863. The average molecular weight is 399 g/mol. The van der Waals surface area contributed by atoms with Crippen molar-refractivity contribution in [2.45, 2.75) is 19.8 Å². The number of thiazole rings is 1. The van der Waals surface area contributed by atoms with Crippen molar-refractivity contribution in [1.82, 2.24) is 10.3 Å². The van der Waals surface area contributed by atoms with E-state index in [0.29, 0.717) is 28.6 Å². The van der Waals surface area contributed by atoms with E-state index in [9.17, 15) is 14.0 Å². The summed E-state index contributed by atoms with van der Waals surface area (Å²) in [6, 6.07) is 4.43. The molecular weight excluding hydrogens is 379 g/mol. The molecule has 0 saturated carbocycles. The third-order valence-corrected chi connectivity index (χ3v) is 4.73. The lowest BCUT2D eigenvalue weighted by Crippen LogP contribution is -2.37. The molecule has 2 heterocycles. The molecule has 1 aromatic carbocycles. The van der Waals surface area contributed by atoms with Crippen molar-refractivity contribution in [3.8, 4) is 11.3 Å². The molecule has 26 heavy (non-hydrogen) atoms. The first-order valence-electron chi connectivity index (χ1n) is 8.07. The monoisotopic (exact) mass is 398 g/mol. The van der Waals surface area contributed by atoms with Crippen LogP contribution in [-0.2, 0) is 9.59 Å². The van der Waals surface area contributed by atoms with Crippen LogP contribution in [0.3, 0.4) is 0 Å². The van der Waals surface area contributed by atoms with Crippen LogP contribution in [0.15, 0.2) is 23.6 Å². The second-order valence-corrected chi connectivity index (χ2v) is 6.80. The zero-order valence-electron chi connectivity index (χ0n) is 14.2. The topological polar surface area (TPSA) is 83.1 Å². The number of halogens is 2. The molecule has 1 aliphatic heterocycles. The van der Waals surface area contributed by atoms with Gasteiger partial charge in [0.1, 0.15) is 5.82 Å². The third kappa shape index (κ3) is 5.00. The molecule has 1 fully saturated rings. The summed E-state index contributed by atoms with van der Waals surface area (Å²) in [5.41, 5.74) is 1.17. The highest BCUT2D eigenvalue weighted by Crippen LogP contribution is 2.29. The van der Waals surface area contributed by atoms with Crippen LogP contribution in [0.25, 0.3) is 11.3 Å².